The fourth-order valence-corrected chi connectivity index (χ4v) is 7.19. The molecule has 186 valence electrons. The van der Waals surface area contributed by atoms with Gasteiger partial charge in [0.1, 0.15) is 17.6 Å². The number of hydrogen-bond acceptors (Lipinski definition) is 6. The van der Waals surface area contributed by atoms with E-state index in [0.717, 1.165) is 0 Å². The molecule has 0 radical (unpaired) electrons. The van der Waals surface area contributed by atoms with Crippen LogP contribution in [0.3, 0.4) is 0 Å². The van der Waals surface area contributed by atoms with Gasteiger partial charge in [0.2, 0.25) is 11.9 Å². The lowest BCUT2D eigenvalue weighted by Crippen LogP contribution is -2.55. The first kappa shape index (κ1) is 23.4. The molecule has 0 fully saturated rings. The molecule has 1 heterocycles. The molecule has 1 aromatic rings. The van der Waals surface area contributed by atoms with Crippen molar-refractivity contribution in [3.8, 4) is 0 Å². The van der Waals surface area contributed by atoms with E-state index in [0.29, 0.717) is 51.1 Å². The number of benzene rings is 1. The van der Waals surface area contributed by atoms with Crippen LogP contribution in [0.25, 0.3) is 5.57 Å². The van der Waals surface area contributed by atoms with E-state index in [1.807, 2.05) is 6.92 Å². The Labute approximate surface area is 211 Å². The Morgan fingerprint density at radius 1 is 1.25 bits per heavy atom. The van der Waals surface area contributed by atoms with Crippen LogP contribution < -0.4 is 0 Å². The normalized spacial score (nSPS) is 32.5. The molecule has 4 aliphatic carbocycles. The molecule has 8 heteroatoms. The minimum absolute atomic E-state index is 0.0282. The standard InChI is InChI=1S/C28H24F2O5S/c1-14-7-19-21(31)9-18-16-8-23-25(35-13-34-23)24(16)17(15-5-3-4-6-20(15)30)10-28(18,26(33)36-12-29)27(19,2)11-22(14)32/h3-7,9-10,14,22,32H,8,11-13H2,1-2H3/t14-,22-,27-,28-/m0/s1. The molecule has 0 saturated carbocycles. The smallest absolute Gasteiger partial charge is 0.230 e. The van der Waals surface area contributed by atoms with Gasteiger partial charge >= 0.3 is 0 Å². The molecule has 1 aliphatic heterocycles. The summed E-state index contributed by atoms with van der Waals surface area (Å²) in [4.78, 5) is 27.5. The topological polar surface area (TPSA) is 72.8 Å². The number of aliphatic hydroxyl groups excluding tert-OH is 1. The fourth-order valence-electron chi connectivity index (χ4n) is 6.47. The molecular weight excluding hydrogens is 486 g/mol. The van der Waals surface area contributed by atoms with E-state index in [-0.39, 0.29) is 36.9 Å². The number of ketones is 1. The highest BCUT2D eigenvalue weighted by atomic mass is 32.2. The van der Waals surface area contributed by atoms with Gasteiger partial charge in [-0.2, -0.15) is 0 Å². The summed E-state index contributed by atoms with van der Waals surface area (Å²) < 4.78 is 40.4. The molecular formula is C28H24F2O5S. The molecule has 4 atom stereocenters. The van der Waals surface area contributed by atoms with Gasteiger partial charge in [0.05, 0.1) is 11.5 Å². The Kier molecular flexibility index (Phi) is 5.22. The van der Waals surface area contributed by atoms with E-state index in [1.54, 1.807) is 37.3 Å². The summed E-state index contributed by atoms with van der Waals surface area (Å²) in [6.07, 6.45) is 4.43. The maximum atomic E-state index is 15.3. The minimum Gasteiger partial charge on any atom is -0.458 e. The highest BCUT2D eigenvalue weighted by Crippen LogP contribution is 2.67. The predicted octanol–water partition coefficient (Wildman–Crippen LogP) is 5.15. The first-order chi connectivity index (χ1) is 17.2. The van der Waals surface area contributed by atoms with Crippen molar-refractivity contribution in [2.45, 2.75) is 32.8 Å². The van der Waals surface area contributed by atoms with Crippen LogP contribution >= 0.6 is 11.8 Å². The maximum absolute atomic E-state index is 15.3. The molecule has 5 aliphatic rings. The first-order valence-electron chi connectivity index (χ1n) is 11.8. The van der Waals surface area contributed by atoms with E-state index in [4.69, 9.17) is 9.47 Å². The second-order valence-electron chi connectivity index (χ2n) is 10.0. The van der Waals surface area contributed by atoms with E-state index < -0.39 is 33.9 Å². The zero-order chi connectivity index (χ0) is 25.4. The average molecular weight is 511 g/mol. The number of thioether (sulfide) groups is 1. The minimum atomic E-state index is -1.51. The summed E-state index contributed by atoms with van der Waals surface area (Å²) in [5.41, 5.74) is 0.0842. The molecule has 0 bridgehead atoms. The molecule has 1 N–H and O–H groups in total. The Bertz CT molecular complexity index is 1390. The molecule has 6 rings (SSSR count). The van der Waals surface area contributed by atoms with Crippen LogP contribution in [0, 0.1) is 22.6 Å². The number of aliphatic hydroxyl groups is 1. The summed E-state index contributed by atoms with van der Waals surface area (Å²) in [5.74, 6) is 0.00181. The van der Waals surface area contributed by atoms with Gasteiger partial charge in [-0.1, -0.05) is 56.0 Å². The number of fused-ring (bicyclic) bond motifs is 5. The van der Waals surface area contributed by atoms with Crippen LogP contribution in [0.5, 0.6) is 0 Å². The van der Waals surface area contributed by atoms with Crippen LogP contribution in [0.4, 0.5) is 8.78 Å². The molecule has 0 aromatic heterocycles. The monoisotopic (exact) mass is 510 g/mol. The van der Waals surface area contributed by atoms with Gasteiger partial charge in [0, 0.05) is 34.5 Å². The third-order valence-corrected chi connectivity index (χ3v) is 8.96. The third-order valence-electron chi connectivity index (χ3n) is 8.27. The van der Waals surface area contributed by atoms with Crippen molar-refractivity contribution in [2.24, 2.45) is 16.7 Å². The number of alkyl halides is 1. The highest BCUT2D eigenvalue weighted by molar-refractivity contribution is 8.13. The highest BCUT2D eigenvalue weighted by Gasteiger charge is 2.64. The van der Waals surface area contributed by atoms with Crippen LogP contribution in [-0.4, -0.2) is 34.9 Å². The molecule has 0 spiro atoms. The summed E-state index contributed by atoms with van der Waals surface area (Å²) in [6.45, 7) is 3.62. The summed E-state index contributed by atoms with van der Waals surface area (Å²) in [5, 5.41) is 10.4. The number of ether oxygens (including phenoxy) is 2. The predicted molar refractivity (Wildman–Crippen MR) is 130 cm³/mol. The third kappa shape index (κ3) is 2.91. The van der Waals surface area contributed by atoms with Crippen molar-refractivity contribution < 1.29 is 33.0 Å². The lowest BCUT2D eigenvalue weighted by molar-refractivity contribution is -0.124. The second kappa shape index (κ2) is 8.02. The molecule has 0 amide bonds. The molecule has 1 aromatic carbocycles. The largest absolute Gasteiger partial charge is 0.458 e. The lowest BCUT2D eigenvalue weighted by atomic mass is 9.47. The van der Waals surface area contributed by atoms with E-state index >= 15 is 4.39 Å². The van der Waals surface area contributed by atoms with Crippen molar-refractivity contribution >= 4 is 28.2 Å². The Morgan fingerprint density at radius 2 is 2.03 bits per heavy atom. The number of carbonyl (C=O) groups is 2. The molecule has 0 unspecified atom stereocenters. The number of allylic oxidation sites excluding steroid dienone is 6. The van der Waals surface area contributed by atoms with Gasteiger partial charge in [-0.15, -0.1) is 0 Å². The Hall–Kier alpha value is -2.97. The van der Waals surface area contributed by atoms with Gasteiger partial charge in [0.25, 0.3) is 0 Å². The molecule has 0 saturated heterocycles. The molecule has 5 nitrogen and oxygen atoms in total. The van der Waals surface area contributed by atoms with Crippen LogP contribution in [0.1, 0.15) is 32.3 Å². The van der Waals surface area contributed by atoms with Gasteiger partial charge in [-0.05, 0) is 35.3 Å². The number of carbonyl (C=O) groups excluding carboxylic acids is 2. The first-order valence-corrected chi connectivity index (χ1v) is 12.8. The SMILES string of the molecule is C[C@H]1C=C2C(=O)C=C3C4=C(C(c5ccccc5F)=C[C@]3(C(=O)SCF)[C@@]2(C)C[C@@H]1O)C1=C(C4)OCO1. The maximum Gasteiger partial charge on any atom is 0.230 e. The summed E-state index contributed by atoms with van der Waals surface area (Å²) in [6, 6.07) is 5.30. The summed E-state index contributed by atoms with van der Waals surface area (Å²) >= 11 is 0.525. The van der Waals surface area contributed by atoms with Crippen molar-refractivity contribution in [1.82, 2.24) is 0 Å². The van der Waals surface area contributed by atoms with Gasteiger partial charge in [0.15, 0.2) is 11.5 Å². The van der Waals surface area contributed by atoms with Crippen LogP contribution in [-0.2, 0) is 19.1 Å². The number of hydrogen-bond donors (Lipinski definition) is 1. The van der Waals surface area contributed by atoms with Crippen molar-refractivity contribution in [3.05, 3.63) is 87.7 Å². The van der Waals surface area contributed by atoms with E-state index in [1.165, 1.54) is 12.1 Å². The fraction of sp³-hybridized carbons (Fsp3) is 0.357. The van der Waals surface area contributed by atoms with Gasteiger partial charge < -0.3 is 14.6 Å². The second-order valence-corrected chi connectivity index (χ2v) is 10.9. The average Bonchev–Trinajstić information content (AvgIpc) is 3.43. The van der Waals surface area contributed by atoms with Crippen LogP contribution in [0.2, 0.25) is 0 Å². The number of rotatable bonds is 3. The van der Waals surface area contributed by atoms with Crippen molar-refractivity contribution in [2.75, 3.05) is 12.8 Å². The van der Waals surface area contributed by atoms with E-state index in [2.05, 4.69) is 0 Å². The van der Waals surface area contributed by atoms with Crippen molar-refractivity contribution in [3.63, 3.8) is 0 Å². The Morgan fingerprint density at radius 3 is 2.78 bits per heavy atom. The molecule has 36 heavy (non-hydrogen) atoms. The van der Waals surface area contributed by atoms with E-state index in [9.17, 15) is 19.1 Å². The van der Waals surface area contributed by atoms with Gasteiger partial charge in [-0.3, -0.25) is 9.59 Å². The zero-order valence-corrected chi connectivity index (χ0v) is 20.6. The summed E-state index contributed by atoms with van der Waals surface area (Å²) in [7, 11) is 0. The lowest BCUT2D eigenvalue weighted by Gasteiger charge is -2.55. The van der Waals surface area contributed by atoms with Crippen LogP contribution in [0.15, 0.2) is 76.3 Å². The Balaban J connectivity index is 1.71. The quantitative estimate of drug-likeness (QED) is 0.606. The number of halogens is 2. The zero-order valence-electron chi connectivity index (χ0n) is 19.8. The van der Waals surface area contributed by atoms with Crippen molar-refractivity contribution in [1.29, 1.82) is 0 Å². The van der Waals surface area contributed by atoms with Gasteiger partial charge in [-0.25, -0.2) is 8.78 Å².